The van der Waals surface area contributed by atoms with Gasteiger partial charge in [0.2, 0.25) is 0 Å². The molecular formula is C19H24N4O4. The molecule has 0 aliphatic carbocycles. The first-order valence-electron chi connectivity index (χ1n) is 9.01. The van der Waals surface area contributed by atoms with Crippen LogP contribution in [0.2, 0.25) is 0 Å². The number of aromatic amines is 1. The molecule has 8 nitrogen and oxygen atoms in total. The van der Waals surface area contributed by atoms with E-state index in [0.717, 1.165) is 0 Å². The van der Waals surface area contributed by atoms with Crippen LogP contribution in [0.1, 0.15) is 44.1 Å². The Labute approximate surface area is 156 Å². The Kier molecular flexibility index (Phi) is 5.16. The summed E-state index contributed by atoms with van der Waals surface area (Å²) in [7, 11) is 0. The zero-order valence-corrected chi connectivity index (χ0v) is 15.7. The minimum Gasteiger partial charge on any atom is -0.444 e. The number of ether oxygens (including phenoxy) is 1. The number of carbonyl (C=O) groups is 2. The van der Waals surface area contributed by atoms with Crippen molar-refractivity contribution < 1.29 is 14.3 Å². The Morgan fingerprint density at radius 2 is 1.81 bits per heavy atom. The first-order valence-corrected chi connectivity index (χ1v) is 9.01. The first kappa shape index (κ1) is 18.9. The van der Waals surface area contributed by atoms with Crippen LogP contribution in [0.4, 0.5) is 4.79 Å². The Hall–Kier alpha value is -2.90. The second-order valence-electron chi connectivity index (χ2n) is 7.66. The molecule has 0 unspecified atom stereocenters. The number of amides is 2. The molecule has 1 aliphatic rings. The van der Waals surface area contributed by atoms with Crippen molar-refractivity contribution in [3.05, 3.63) is 40.3 Å². The highest BCUT2D eigenvalue weighted by molar-refractivity contribution is 6.04. The van der Waals surface area contributed by atoms with Crippen molar-refractivity contribution in [3.8, 4) is 0 Å². The first-order chi connectivity index (χ1) is 12.7. The molecule has 0 bridgehead atoms. The van der Waals surface area contributed by atoms with Crippen molar-refractivity contribution in [2.24, 2.45) is 0 Å². The number of fused-ring (bicyclic) bond motifs is 1. The lowest BCUT2D eigenvalue weighted by Gasteiger charge is -2.32. The number of nitrogens with one attached hydrogen (secondary N) is 2. The summed E-state index contributed by atoms with van der Waals surface area (Å²) in [5.74, 6) is -0.224. The van der Waals surface area contributed by atoms with Gasteiger partial charge in [-0.3, -0.25) is 9.59 Å². The van der Waals surface area contributed by atoms with Gasteiger partial charge in [-0.2, -0.15) is 5.10 Å². The molecule has 3 rings (SSSR count). The standard InChI is InChI=1S/C19H24N4O4/c1-19(2,3)27-18(26)20-12-8-10-23(11-9-12)17(25)15-13-6-4-5-7-14(13)16(24)22-21-15/h4-7,12H,8-11H2,1-3H3,(H,20,26)(H,22,24). The molecule has 1 aromatic carbocycles. The smallest absolute Gasteiger partial charge is 0.407 e. The van der Waals surface area contributed by atoms with Gasteiger partial charge in [0.05, 0.1) is 5.39 Å². The molecule has 1 saturated heterocycles. The Balaban J connectivity index is 1.65. The van der Waals surface area contributed by atoms with Gasteiger partial charge in [0.15, 0.2) is 5.69 Å². The van der Waals surface area contributed by atoms with Gasteiger partial charge in [-0.05, 0) is 39.7 Å². The zero-order valence-electron chi connectivity index (χ0n) is 15.7. The third-order valence-corrected chi connectivity index (χ3v) is 4.40. The third kappa shape index (κ3) is 4.45. The van der Waals surface area contributed by atoms with Crippen molar-refractivity contribution in [1.29, 1.82) is 0 Å². The molecule has 1 aromatic heterocycles. The molecule has 0 radical (unpaired) electrons. The molecule has 2 N–H and O–H groups in total. The predicted octanol–water partition coefficient (Wildman–Crippen LogP) is 2.05. The fourth-order valence-electron chi connectivity index (χ4n) is 3.13. The average Bonchev–Trinajstić information content (AvgIpc) is 2.61. The largest absolute Gasteiger partial charge is 0.444 e. The summed E-state index contributed by atoms with van der Waals surface area (Å²) in [6.45, 7) is 6.43. The number of benzene rings is 1. The summed E-state index contributed by atoms with van der Waals surface area (Å²) in [6.07, 6.45) is 0.819. The Morgan fingerprint density at radius 3 is 2.44 bits per heavy atom. The molecule has 0 spiro atoms. The van der Waals surface area contributed by atoms with Crippen molar-refractivity contribution >= 4 is 22.8 Å². The van der Waals surface area contributed by atoms with E-state index in [0.29, 0.717) is 36.7 Å². The quantitative estimate of drug-likeness (QED) is 0.840. The summed E-state index contributed by atoms with van der Waals surface area (Å²) in [6, 6.07) is 6.88. The molecule has 1 fully saturated rings. The van der Waals surface area contributed by atoms with Crippen LogP contribution in [0.15, 0.2) is 29.1 Å². The van der Waals surface area contributed by atoms with Gasteiger partial charge in [0.25, 0.3) is 11.5 Å². The molecule has 2 heterocycles. The summed E-state index contributed by atoms with van der Waals surface area (Å²) < 4.78 is 5.27. The van der Waals surface area contributed by atoms with Crippen molar-refractivity contribution in [2.75, 3.05) is 13.1 Å². The Bertz CT molecular complexity index is 908. The maximum atomic E-state index is 12.9. The number of carbonyl (C=O) groups excluding carboxylic acids is 2. The van der Waals surface area contributed by atoms with Gasteiger partial charge in [-0.15, -0.1) is 0 Å². The second-order valence-corrected chi connectivity index (χ2v) is 7.66. The van der Waals surface area contributed by atoms with Crippen molar-refractivity contribution in [2.45, 2.75) is 45.3 Å². The number of alkyl carbamates (subject to hydrolysis) is 1. The number of hydrogen-bond donors (Lipinski definition) is 2. The van der Waals surface area contributed by atoms with Gasteiger partial charge in [0.1, 0.15) is 5.60 Å². The van der Waals surface area contributed by atoms with Crippen LogP contribution in [-0.2, 0) is 4.74 Å². The SMILES string of the molecule is CC(C)(C)OC(=O)NC1CCN(C(=O)c2n[nH]c(=O)c3ccccc23)CC1. The lowest BCUT2D eigenvalue weighted by Crippen LogP contribution is -2.47. The number of aromatic nitrogens is 2. The molecule has 8 heteroatoms. The van der Waals surface area contributed by atoms with E-state index in [1.165, 1.54) is 0 Å². The topological polar surface area (TPSA) is 104 Å². The van der Waals surface area contributed by atoms with Crippen LogP contribution in [-0.4, -0.2) is 51.8 Å². The fourth-order valence-corrected chi connectivity index (χ4v) is 3.13. The minimum atomic E-state index is -0.544. The molecule has 144 valence electrons. The van der Waals surface area contributed by atoms with E-state index in [2.05, 4.69) is 15.5 Å². The van der Waals surface area contributed by atoms with Crippen LogP contribution in [0, 0.1) is 0 Å². The van der Waals surface area contributed by atoms with Crippen molar-refractivity contribution in [1.82, 2.24) is 20.4 Å². The molecule has 0 atom stereocenters. The molecule has 2 amide bonds. The number of likely N-dealkylation sites (tertiary alicyclic amines) is 1. The van der Waals surface area contributed by atoms with Gasteiger partial charge in [-0.25, -0.2) is 9.89 Å². The van der Waals surface area contributed by atoms with E-state index in [-0.39, 0.29) is 23.2 Å². The number of piperidine rings is 1. The van der Waals surface area contributed by atoms with Crippen LogP contribution in [0.25, 0.3) is 10.8 Å². The molecule has 27 heavy (non-hydrogen) atoms. The number of rotatable bonds is 2. The maximum Gasteiger partial charge on any atom is 0.407 e. The lowest BCUT2D eigenvalue weighted by molar-refractivity contribution is 0.0473. The van der Waals surface area contributed by atoms with E-state index < -0.39 is 11.7 Å². The monoisotopic (exact) mass is 372 g/mol. The van der Waals surface area contributed by atoms with Crippen molar-refractivity contribution in [3.63, 3.8) is 0 Å². The van der Waals surface area contributed by atoms with Crippen LogP contribution in [0.3, 0.4) is 0 Å². The number of hydrogen-bond acceptors (Lipinski definition) is 5. The molecular weight excluding hydrogens is 348 g/mol. The predicted molar refractivity (Wildman–Crippen MR) is 101 cm³/mol. The van der Waals surface area contributed by atoms with Gasteiger partial charge in [0, 0.05) is 24.5 Å². The zero-order chi connectivity index (χ0) is 19.6. The van der Waals surface area contributed by atoms with Crippen LogP contribution < -0.4 is 10.9 Å². The number of nitrogens with zero attached hydrogens (tertiary/aromatic N) is 2. The van der Waals surface area contributed by atoms with Gasteiger partial charge in [-0.1, -0.05) is 18.2 Å². The van der Waals surface area contributed by atoms with E-state index in [4.69, 9.17) is 4.74 Å². The van der Waals surface area contributed by atoms with Crippen LogP contribution >= 0.6 is 0 Å². The summed E-state index contributed by atoms with van der Waals surface area (Å²) >= 11 is 0. The van der Waals surface area contributed by atoms with Gasteiger partial charge < -0.3 is 15.0 Å². The third-order valence-electron chi connectivity index (χ3n) is 4.40. The highest BCUT2D eigenvalue weighted by atomic mass is 16.6. The van der Waals surface area contributed by atoms with E-state index >= 15 is 0 Å². The highest BCUT2D eigenvalue weighted by Gasteiger charge is 2.28. The highest BCUT2D eigenvalue weighted by Crippen LogP contribution is 2.18. The summed E-state index contributed by atoms with van der Waals surface area (Å²) in [5, 5.41) is 10.2. The molecule has 1 aliphatic heterocycles. The lowest BCUT2D eigenvalue weighted by atomic mass is 10.0. The maximum absolute atomic E-state index is 12.9. The summed E-state index contributed by atoms with van der Waals surface area (Å²) in [4.78, 5) is 38.3. The summed E-state index contributed by atoms with van der Waals surface area (Å²) in [5.41, 5.74) is -0.622. The van der Waals surface area contributed by atoms with Gasteiger partial charge >= 0.3 is 6.09 Å². The number of H-pyrrole nitrogens is 1. The van der Waals surface area contributed by atoms with E-state index in [1.54, 1.807) is 29.2 Å². The fraction of sp³-hybridized carbons (Fsp3) is 0.474. The van der Waals surface area contributed by atoms with E-state index in [9.17, 15) is 14.4 Å². The van der Waals surface area contributed by atoms with Crippen LogP contribution in [0.5, 0.6) is 0 Å². The second kappa shape index (κ2) is 7.38. The average molecular weight is 372 g/mol. The normalized spacial score (nSPS) is 15.6. The molecule has 2 aromatic rings. The Morgan fingerprint density at radius 1 is 1.19 bits per heavy atom. The van der Waals surface area contributed by atoms with E-state index in [1.807, 2.05) is 20.8 Å². The molecule has 0 saturated carbocycles. The minimum absolute atomic E-state index is 0.0378.